The van der Waals surface area contributed by atoms with Crippen LogP contribution in [0.2, 0.25) is 4.34 Å². The van der Waals surface area contributed by atoms with E-state index in [-0.39, 0.29) is 40.8 Å². The Kier molecular flexibility index (Phi) is 9.96. The van der Waals surface area contributed by atoms with Gasteiger partial charge in [0.25, 0.3) is 0 Å². The average molecular weight is 523 g/mol. The predicted molar refractivity (Wildman–Crippen MR) is 113 cm³/mol. The molecule has 0 aromatic carbocycles. The second-order valence-corrected chi connectivity index (χ2v) is 9.12. The van der Waals surface area contributed by atoms with Gasteiger partial charge in [-0.05, 0) is 31.9 Å². The van der Waals surface area contributed by atoms with E-state index in [0.717, 1.165) is 49.8 Å². The van der Waals surface area contributed by atoms with Gasteiger partial charge in [-0.15, -0.1) is 35.3 Å². The predicted octanol–water partition coefficient (Wildman–Crippen LogP) is 1.72. The van der Waals surface area contributed by atoms with Gasteiger partial charge >= 0.3 is 0 Å². The van der Waals surface area contributed by atoms with E-state index in [4.69, 9.17) is 11.6 Å². The van der Waals surface area contributed by atoms with Crippen LogP contribution >= 0.6 is 46.9 Å². The monoisotopic (exact) mass is 522 g/mol. The number of piperidine rings is 1. The van der Waals surface area contributed by atoms with E-state index in [0.29, 0.717) is 10.9 Å². The van der Waals surface area contributed by atoms with Crippen molar-refractivity contribution in [2.45, 2.75) is 30.1 Å². The molecule has 1 aliphatic rings. The van der Waals surface area contributed by atoms with Crippen LogP contribution in [-0.4, -0.2) is 63.2 Å². The van der Waals surface area contributed by atoms with Crippen molar-refractivity contribution in [3.8, 4) is 0 Å². The minimum absolute atomic E-state index is 0. The molecule has 0 spiro atoms. The second-order valence-electron chi connectivity index (χ2n) is 5.41. The van der Waals surface area contributed by atoms with Gasteiger partial charge in [-0.1, -0.05) is 11.6 Å². The fraction of sp³-hybridized carbons (Fsp3) is 0.643. The number of likely N-dealkylation sites (tertiary alicyclic amines) is 1. The zero-order valence-electron chi connectivity index (χ0n) is 13.9. The van der Waals surface area contributed by atoms with E-state index in [9.17, 15) is 13.5 Å². The number of aliphatic hydroxyl groups is 1. The van der Waals surface area contributed by atoms with Gasteiger partial charge < -0.3 is 15.3 Å². The summed E-state index contributed by atoms with van der Waals surface area (Å²) in [5.74, 6) is 0.753. The first-order chi connectivity index (χ1) is 11.4. The number of thiophene rings is 1. The number of aliphatic imine (C=N–C) groups is 1. The Hall–Kier alpha value is -0.140. The first-order valence-corrected chi connectivity index (χ1v) is 10.6. The summed E-state index contributed by atoms with van der Waals surface area (Å²) >= 11 is 6.80. The Morgan fingerprint density at radius 1 is 1.44 bits per heavy atom. The Bertz CT molecular complexity index is 661. The fourth-order valence-electron chi connectivity index (χ4n) is 2.36. The number of hydrogen-bond donors (Lipinski definition) is 3. The molecule has 0 aliphatic carbocycles. The van der Waals surface area contributed by atoms with Crippen molar-refractivity contribution in [2.75, 3.05) is 32.7 Å². The lowest BCUT2D eigenvalue weighted by atomic mass is 10.1. The van der Waals surface area contributed by atoms with Gasteiger partial charge in [-0.25, -0.2) is 13.1 Å². The molecule has 1 fully saturated rings. The van der Waals surface area contributed by atoms with Crippen LogP contribution in [0.4, 0.5) is 0 Å². The van der Waals surface area contributed by atoms with Gasteiger partial charge in [0, 0.05) is 26.2 Å². The van der Waals surface area contributed by atoms with Gasteiger partial charge in [0.1, 0.15) is 4.21 Å². The molecule has 2 rings (SSSR count). The van der Waals surface area contributed by atoms with Crippen molar-refractivity contribution in [2.24, 2.45) is 4.99 Å². The summed E-state index contributed by atoms with van der Waals surface area (Å²) in [4.78, 5) is 6.55. The lowest BCUT2D eigenvalue weighted by Gasteiger charge is -2.32. The molecule has 0 saturated carbocycles. The zero-order valence-corrected chi connectivity index (χ0v) is 18.7. The van der Waals surface area contributed by atoms with Crippen LogP contribution in [0.15, 0.2) is 21.3 Å². The van der Waals surface area contributed by atoms with Crippen LogP contribution in [-0.2, 0) is 10.0 Å². The van der Waals surface area contributed by atoms with Gasteiger partial charge in [-0.2, -0.15) is 0 Å². The molecule has 7 nitrogen and oxygen atoms in total. The Labute approximate surface area is 174 Å². The van der Waals surface area contributed by atoms with Crippen molar-refractivity contribution in [1.29, 1.82) is 0 Å². The van der Waals surface area contributed by atoms with Gasteiger partial charge in [0.05, 0.1) is 17.0 Å². The third kappa shape index (κ3) is 7.18. The van der Waals surface area contributed by atoms with Crippen molar-refractivity contribution < 1.29 is 13.5 Å². The molecule has 1 aromatic rings. The van der Waals surface area contributed by atoms with Crippen LogP contribution < -0.4 is 10.0 Å². The Balaban J connectivity index is 0.00000312. The SMILES string of the molecule is CCNC(=NCCNS(=O)(=O)c1ccc(Cl)s1)N1CCC(O)CC1.I. The number of halogens is 2. The van der Waals surface area contributed by atoms with Crippen LogP contribution in [0, 0.1) is 0 Å². The molecule has 11 heteroatoms. The van der Waals surface area contributed by atoms with E-state index in [2.05, 4.69) is 19.9 Å². The molecule has 1 aliphatic heterocycles. The maximum Gasteiger partial charge on any atom is 0.250 e. The molecule has 0 atom stereocenters. The zero-order chi connectivity index (χ0) is 17.6. The molecule has 2 heterocycles. The summed E-state index contributed by atoms with van der Waals surface area (Å²) < 4.78 is 27.4. The van der Waals surface area contributed by atoms with Crippen LogP contribution in [0.5, 0.6) is 0 Å². The van der Waals surface area contributed by atoms with Crippen molar-refractivity contribution in [3.63, 3.8) is 0 Å². The van der Waals surface area contributed by atoms with Crippen LogP contribution in [0.25, 0.3) is 0 Å². The van der Waals surface area contributed by atoms with Crippen LogP contribution in [0.3, 0.4) is 0 Å². The summed E-state index contributed by atoms with van der Waals surface area (Å²) in [5, 5.41) is 12.8. The highest BCUT2D eigenvalue weighted by Crippen LogP contribution is 2.25. The lowest BCUT2D eigenvalue weighted by molar-refractivity contribution is 0.108. The molecule has 3 N–H and O–H groups in total. The summed E-state index contributed by atoms with van der Waals surface area (Å²) in [7, 11) is -3.53. The Morgan fingerprint density at radius 2 is 2.12 bits per heavy atom. The molecule has 1 saturated heterocycles. The number of nitrogens with zero attached hydrogens (tertiary/aromatic N) is 2. The third-order valence-corrected chi connectivity index (χ3v) is 6.76. The summed E-state index contributed by atoms with van der Waals surface area (Å²) in [6.07, 6.45) is 1.19. The summed E-state index contributed by atoms with van der Waals surface area (Å²) in [6, 6.07) is 3.05. The highest BCUT2D eigenvalue weighted by Gasteiger charge is 2.20. The topological polar surface area (TPSA) is 94.0 Å². The molecule has 1 aromatic heterocycles. The number of sulfonamides is 1. The quantitative estimate of drug-likeness (QED) is 0.229. The van der Waals surface area contributed by atoms with Gasteiger partial charge in [0.15, 0.2) is 5.96 Å². The van der Waals surface area contributed by atoms with E-state index in [1.165, 1.54) is 6.07 Å². The molecular weight excluding hydrogens is 499 g/mol. The molecule has 144 valence electrons. The second kappa shape index (κ2) is 10.9. The van der Waals surface area contributed by atoms with Gasteiger partial charge in [0.2, 0.25) is 10.0 Å². The minimum Gasteiger partial charge on any atom is -0.393 e. The highest BCUT2D eigenvalue weighted by molar-refractivity contribution is 14.0. The normalized spacial score (nSPS) is 16.6. The first kappa shape index (κ1) is 22.9. The molecule has 0 amide bonds. The van der Waals surface area contributed by atoms with E-state index in [1.807, 2.05) is 6.92 Å². The summed E-state index contributed by atoms with van der Waals surface area (Å²) in [5.41, 5.74) is 0. The maximum atomic E-state index is 12.1. The minimum atomic E-state index is -3.53. The number of rotatable bonds is 6. The molecule has 25 heavy (non-hydrogen) atoms. The van der Waals surface area contributed by atoms with E-state index >= 15 is 0 Å². The highest BCUT2D eigenvalue weighted by atomic mass is 127. The maximum absolute atomic E-state index is 12.1. The Morgan fingerprint density at radius 3 is 2.68 bits per heavy atom. The largest absolute Gasteiger partial charge is 0.393 e. The molecule has 0 bridgehead atoms. The fourth-order valence-corrected chi connectivity index (χ4v) is 4.91. The van der Waals surface area contributed by atoms with Crippen molar-refractivity contribution in [1.82, 2.24) is 14.9 Å². The third-order valence-electron chi connectivity index (χ3n) is 3.58. The standard InChI is InChI=1S/C14H23ClN4O3S2.HI/c1-2-16-14(19-9-5-11(20)6-10-19)17-7-8-18-24(21,22)13-4-3-12(15)23-13;/h3-4,11,18,20H,2,5-10H2,1H3,(H,16,17);1H. The first-order valence-electron chi connectivity index (χ1n) is 7.88. The molecular formula is C14H24ClIN4O3S2. The number of hydrogen-bond acceptors (Lipinski definition) is 5. The number of aliphatic hydroxyl groups excluding tert-OH is 1. The van der Waals surface area contributed by atoms with Gasteiger partial charge in [-0.3, -0.25) is 4.99 Å². The number of guanidine groups is 1. The smallest absolute Gasteiger partial charge is 0.250 e. The van der Waals surface area contributed by atoms with E-state index in [1.54, 1.807) is 6.07 Å². The molecule has 0 unspecified atom stereocenters. The van der Waals surface area contributed by atoms with Crippen molar-refractivity contribution >= 4 is 62.9 Å². The van der Waals surface area contributed by atoms with Crippen LogP contribution in [0.1, 0.15) is 19.8 Å². The molecule has 0 radical (unpaired) electrons. The number of nitrogens with one attached hydrogen (secondary N) is 2. The van der Waals surface area contributed by atoms with Crippen molar-refractivity contribution in [3.05, 3.63) is 16.5 Å². The average Bonchev–Trinajstić information content (AvgIpc) is 2.99. The summed E-state index contributed by atoms with van der Waals surface area (Å²) in [6.45, 7) is 4.75. The lowest BCUT2D eigenvalue weighted by Crippen LogP contribution is -2.46. The van der Waals surface area contributed by atoms with E-state index < -0.39 is 10.0 Å².